The summed E-state index contributed by atoms with van der Waals surface area (Å²) in [4.78, 5) is 14.1. The van der Waals surface area contributed by atoms with Gasteiger partial charge in [-0.15, -0.1) is 0 Å². The van der Waals surface area contributed by atoms with Crippen LogP contribution in [0, 0.1) is 19.8 Å². The number of carbonyl (C=O) groups is 1. The van der Waals surface area contributed by atoms with Gasteiger partial charge in [0.15, 0.2) is 0 Å². The zero-order valence-electron chi connectivity index (χ0n) is 10.7. The number of rotatable bonds is 3. The highest BCUT2D eigenvalue weighted by Gasteiger charge is 2.17. The van der Waals surface area contributed by atoms with Crippen molar-refractivity contribution in [3.8, 4) is 5.75 Å². The van der Waals surface area contributed by atoms with Crippen LogP contribution in [0.15, 0.2) is 12.1 Å². The third-order valence-electron chi connectivity index (χ3n) is 3.47. The van der Waals surface area contributed by atoms with Gasteiger partial charge >= 0.3 is 5.97 Å². The summed E-state index contributed by atoms with van der Waals surface area (Å²) < 4.78 is 0. The fourth-order valence-electron chi connectivity index (χ4n) is 2.18. The van der Waals surface area contributed by atoms with Gasteiger partial charge in [0, 0.05) is 16.6 Å². The van der Waals surface area contributed by atoms with E-state index in [0.29, 0.717) is 12.0 Å². The summed E-state index contributed by atoms with van der Waals surface area (Å²) in [5.74, 6) is -1.16. The predicted molar refractivity (Wildman–Crippen MR) is 69.9 cm³/mol. The topological polar surface area (TPSA) is 73.3 Å². The van der Waals surface area contributed by atoms with Crippen molar-refractivity contribution in [2.24, 2.45) is 5.92 Å². The lowest BCUT2D eigenvalue weighted by atomic mass is 9.98. The number of aromatic nitrogens is 1. The monoisotopic (exact) mass is 247 g/mol. The van der Waals surface area contributed by atoms with Crippen molar-refractivity contribution in [1.29, 1.82) is 0 Å². The van der Waals surface area contributed by atoms with Gasteiger partial charge in [-0.25, -0.2) is 0 Å². The van der Waals surface area contributed by atoms with Crippen molar-refractivity contribution in [2.45, 2.75) is 27.2 Å². The molecule has 1 unspecified atom stereocenters. The maximum atomic E-state index is 10.9. The molecule has 1 heterocycles. The molecule has 0 saturated heterocycles. The van der Waals surface area contributed by atoms with Gasteiger partial charge in [-0.1, -0.05) is 13.0 Å². The number of aromatic hydroxyl groups is 1. The fraction of sp³-hybridized carbons (Fsp3) is 0.357. The summed E-state index contributed by atoms with van der Waals surface area (Å²) in [5.41, 5.74) is 3.59. The number of aryl methyl sites for hydroxylation is 2. The van der Waals surface area contributed by atoms with E-state index in [2.05, 4.69) is 4.98 Å². The van der Waals surface area contributed by atoms with E-state index in [-0.39, 0.29) is 5.75 Å². The molecule has 96 valence electrons. The number of benzene rings is 1. The third kappa shape index (κ3) is 1.94. The minimum atomic E-state index is -0.850. The van der Waals surface area contributed by atoms with E-state index < -0.39 is 11.9 Å². The lowest BCUT2D eigenvalue weighted by Crippen LogP contribution is -2.12. The summed E-state index contributed by atoms with van der Waals surface area (Å²) in [6.07, 6.45) is 0.334. The van der Waals surface area contributed by atoms with E-state index in [0.717, 1.165) is 22.2 Å². The van der Waals surface area contributed by atoms with E-state index in [1.54, 1.807) is 13.0 Å². The van der Waals surface area contributed by atoms with Crippen LogP contribution < -0.4 is 0 Å². The maximum absolute atomic E-state index is 10.9. The number of carboxylic acids is 1. The van der Waals surface area contributed by atoms with Crippen LogP contribution in [0.5, 0.6) is 5.75 Å². The Morgan fingerprint density at radius 3 is 2.67 bits per heavy atom. The predicted octanol–water partition coefficient (Wildman–Crippen LogP) is 2.75. The van der Waals surface area contributed by atoms with Gasteiger partial charge in [-0.05, 0) is 37.5 Å². The number of phenolic OH excluding ortho intramolecular Hbond substituents is 1. The average Bonchev–Trinajstić information content (AvgIpc) is 2.59. The second-order valence-electron chi connectivity index (χ2n) is 4.81. The molecule has 0 amide bonds. The molecule has 1 aromatic heterocycles. The quantitative estimate of drug-likeness (QED) is 0.780. The normalized spacial score (nSPS) is 12.8. The lowest BCUT2D eigenvalue weighted by Gasteiger charge is -2.09. The standard InChI is InChI=1S/C14H17NO3/c1-7(14(17)18)6-10-4-5-11-12(13(10)16)8(2)9(3)15-11/h4-5,7,15-16H,6H2,1-3H3,(H,17,18). The molecular weight excluding hydrogens is 230 g/mol. The summed E-state index contributed by atoms with van der Waals surface area (Å²) in [6, 6.07) is 3.67. The molecular formula is C14H17NO3. The van der Waals surface area contributed by atoms with Crippen molar-refractivity contribution in [1.82, 2.24) is 4.98 Å². The minimum absolute atomic E-state index is 0.197. The summed E-state index contributed by atoms with van der Waals surface area (Å²) >= 11 is 0. The molecule has 0 bridgehead atoms. The van der Waals surface area contributed by atoms with Crippen molar-refractivity contribution >= 4 is 16.9 Å². The van der Waals surface area contributed by atoms with Gasteiger partial charge in [0.2, 0.25) is 0 Å². The van der Waals surface area contributed by atoms with E-state index >= 15 is 0 Å². The summed E-state index contributed by atoms with van der Waals surface area (Å²) in [5, 5.41) is 20.0. The first-order valence-electron chi connectivity index (χ1n) is 5.94. The second-order valence-corrected chi connectivity index (χ2v) is 4.81. The number of H-pyrrole nitrogens is 1. The lowest BCUT2D eigenvalue weighted by molar-refractivity contribution is -0.141. The summed E-state index contributed by atoms with van der Waals surface area (Å²) in [7, 11) is 0. The Hall–Kier alpha value is -1.97. The van der Waals surface area contributed by atoms with Gasteiger partial charge in [0.25, 0.3) is 0 Å². The zero-order chi connectivity index (χ0) is 13.4. The van der Waals surface area contributed by atoms with Gasteiger partial charge in [0.05, 0.1) is 5.92 Å². The molecule has 1 atom stereocenters. The van der Waals surface area contributed by atoms with Gasteiger partial charge < -0.3 is 15.2 Å². The van der Waals surface area contributed by atoms with Crippen LogP contribution in [0.3, 0.4) is 0 Å². The van der Waals surface area contributed by atoms with Gasteiger partial charge in [-0.2, -0.15) is 0 Å². The van der Waals surface area contributed by atoms with E-state index in [9.17, 15) is 9.90 Å². The molecule has 0 saturated carbocycles. The Balaban J connectivity index is 2.50. The first kappa shape index (κ1) is 12.5. The van der Waals surface area contributed by atoms with Crippen LogP contribution in [-0.2, 0) is 11.2 Å². The molecule has 3 N–H and O–H groups in total. The maximum Gasteiger partial charge on any atom is 0.306 e. The number of carboxylic acid groups (broad SMARTS) is 1. The minimum Gasteiger partial charge on any atom is -0.507 e. The average molecular weight is 247 g/mol. The summed E-state index contributed by atoms with van der Waals surface area (Å²) in [6.45, 7) is 5.54. The highest BCUT2D eigenvalue weighted by Crippen LogP contribution is 2.33. The molecule has 0 aliphatic carbocycles. The van der Waals surface area contributed by atoms with Crippen LogP contribution >= 0.6 is 0 Å². The van der Waals surface area contributed by atoms with Gasteiger partial charge in [-0.3, -0.25) is 4.79 Å². The van der Waals surface area contributed by atoms with Gasteiger partial charge in [0.1, 0.15) is 5.75 Å². The van der Waals surface area contributed by atoms with Crippen LogP contribution in [0.2, 0.25) is 0 Å². The zero-order valence-corrected chi connectivity index (χ0v) is 10.7. The Bertz CT molecular complexity index is 613. The Morgan fingerprint density at radius 2 is 2.06 bits per heavy atom. The van der Waals surface area contributed by atoms with Crippen LogP contribution in [-0.4, -0.2) is 21.2 Å². The highest BCUT2D eigenvalue weighted by molar-refractivity contribution is 5.91. The highest BCUT2D eigenvalue weighted by atomic mass is 16.4. The van der Waals surface area contributed by atoms with E-state index in [1.807, 2.05) is 19.9 Å². The number of nitrogens with one attached hydrogen (secondary N) is 1. The second kappa shape index (κ2) is 4.37. The first-order chi connectivity index (χ1) is 8.41. The molecule has 0 radical (unpaired) electrons. The number of fused-ring (bicyclic) bond motifs is 1. The third-order valence-corrected chi connectivity index (χ3v) is 3.47. The molecule has 0 spiro atoms. The largest absolute Gasteiger partial charge is 0.507 e. The molecule has 0 fully saturated rings. The van der Waals surface area contributed by atoms with Crippen molar-refractivity contribution in [2.75, 3.05) is 0 Å². The van der Waals surface area contributed by atoms with E-state index in [1.165, 1.54) is 0 Å². The van der Waals surface area contributed by atoms with Crippen molar-refractivity contribution < 1.29 is 15.0 Å². The number of aromatic amines is 1. The van der Waals surface area contributed by atoms with Crippen molar-refractivity contribution in [3.05, 3.63) is 29.0 Å². The Labute approximate surface area is 105 Å². The Morgan fingerprint density at radius 1 is 1.39 bits per heavy atom. The molecule has 4 heteroatoms. The van der Waals surface area contributed by atoms with Crippen LogP contribution in [0.4, 0.5) is 0 Å². The SMILES string of the molecule is Cc1[nH]c2ccc(CC(C)C(=O)O)c(O)c2c1C. The molecule has 0 aliphatic heterocycles. The molecule has 4 nitrogen and oxygen atoms in total. The van der Waals surface area contributed by atoms with Crippen molar-refractivity contribution in [3.63, 3.8) is 0 Å². The fourth-order valence-corrected chi connectivity index (χ4v) is 2.18. The van der Waals surface area contributed by atoms with E-state index in [4.69, 9.17) is 5.11 Å². The van der Waals surface area contributed by atoms with Crippen LogP contribution in [0.25, 0.3) is 10.9 Å². The number of aliphatic carboxylic acids is 1. The number of hydrogen-bond donors (Lipinski definition) is 3. The Kier molecular flexibility index (Phi) is 3.03. The molecule has 0 aliphatic rings. The smallest absolute Gasteiger partial charge is 0.306 e. The molecule has 2 aromatic rings. The first-order valence-corrected chi connectivity index (χ1v) is 5.94. The number of hydrogen-bond acceptors (Lipinski definition) is 2. The van der Waals surface area contributed by atoms with Crippen LogP contribution in [0.1, 0.15) is 23.7 Å². The number of phenols is 1. The molecule has 2 rings (SSSR count). The molecule has 18 heavy (non-hydrogen) atoms. The molecule has 1 aromatic carbocycles.